The van der Waals surface area contributed by atoms with E-state index >= 15 is 0 Å². The van der Waals surface area contributed by atoms with Crippen LogP contribution < -0.4 is 5.32 Å². The van der Waals surface area contributed by atoms with Crippen LogP contribution in [0.15, 0.2) is 40.9 Å². The quantitative estimate of drug-likeness (QED) is 0.704. The van der Waals surface area contributed by atoms with E-state index in [4.69, 9.17) is 4.52 Å². The maximum absolute atomic E-state index is 13.7. The van der Waals surface area contributed by atoms with Crippen molar-refractivity contribution in [3.8, 4) is 0 Å². The zero-order valence-corrected chi connectivity index (χ0v) is 15.8. The summed E-state index contributed by atoms with van der Waals surface area (Å²) < 4.78 is 18.7. The van der Waals surface area contributed by atoms with Crippen molar-refractivity contribution in [2.24, 2.45) is 0 Å². The van der Waals surface area contributed by atoms with Crippen molar-refractivity contribution >= 4 is 17.5 Å². The molecular formula is C20H20FN5O3. The maximum Gasteiger partial charge on any atom is 0.276 e. The molecule has 0 radical (unpaired) electrons. The molecule has 0 spiro atoms. The highest BCUT2D eigenvalue weighted by Crippen LogP contribution is 2.28. The van der Waals surface area contributed by atoms with E-state index in [1.54, 1.807) is 36.1 Å². The second-order valence-electron chi connectivity index (χ2n) is 7.03. The smallest absolute Gasteiger partial charge is 0.276 e. The minimum atomic E-state index is -0.504. The second kappa shape index (κ2) is 7.86. The van der Waals surface area contributed by atoms with Crippen LogP contribution in [0.2, 0.25) is 0 Å². The molecule has 2 N–H and O–H groups in total. The van der Waals surface area contributed by atoms with E-state index in [0.717, 1.165) is 18.5 Å². The Bertz CT molecular complexity index is 1040. The van der Waals surface area contributed by atoms with E-state index < -0.39 is 11.7 Å². The summed E-state index contributed by atoms with van der Waals surface area (Å²) in [6, 6.07) is 9.27. The van der Waals surface area contributed by atoms with Crippen LogP contribution in [-0.2, 0) is 0 Å². The third kappa shape index (κ3) is 4.03. The summed E-state index contributed by atoms with van der Waals surface area (Å²) in [6.45, 7) is 2.89. The van der Waals surface area contributed by atoms with Crippen molar-refractivity contribution in [2.45, 2.75) is 25.7 Å². The van der Waals surface area contributed by atoms with E-state index in [1.165, 1.54) is 12.1 Å². The predicted octanol–water partition coefficient (Wildman–Crippen LogP) is 3.12. The summed E-state index contributed by atoms with van der Waals surface area (Å²) >= 11 is 0. The molecule has 3 heterocycles. The number of benzene rings is 1. The van der Waals surface area contributed by atoms with E-state index in [1.807, 2.05) is 0 Å². The molecule has 0 bridgehead atoms. The number of carbonyl (C=O) groups excluding carboxylic acids is 2. The third-order valence-corrected chi connectivity index (χ3v) is 5.02. The van der Waals surface area contributed by atoms with Gasteiger partial charge < -0.3 is 14.7 Å². The molecule has 150 valence electrons. The van der Waals surface area contributed by atoms with Crippen LogP contribution in [-0.4, -0.2) is 45.2 Å². The summed E-state index contributed by atoms with van der Waals surface area (Å²) in [5.74, 6) is -0.375. The molecule has 4 rings (SSSR count). The molecule has 0 saturated carbocycles. The highest BCUT2D eigenvalue weighted by Gasteiger charge is 2.27. The summed E-state index contributed by atoms with van der Waals surface area (Å²) in [5.41, 5.74) is 1.44. The van der Waals surface area contributed by atoms with Gasteiger partial charge in [-0.05, 0) is 38.0 Å². The van der Waals surface area contributed by atoms with Gasteiger partial charge >= 0.3 is 0 Å². The van der Waals surface area contributed by atoms with Gasteiger partial charge in [0.1, 0.15) is 11.6 Å². The first kappa shape index (κ1) is 18.9. The molecule has 3 aromatic rings. The average molecular weight is 397 g/mol. The number of aromatic amines is 1. The molecular weight excluding hydrogens is 377 g/mol. The fourth-order valence-corrected chi connectivity index (χ4v) is 3.43. The zero-order valence-electron chi connectivity index (χ0n) is 15.8. The van der Waals surface area contributed by atoms with Crippen molar-refractivity contribution in [1.29, 1.82) is 0 Å². The summed E-state index contributed by atoms with van der Waals surface area (Å²) in [7, 11) is 0. The Labute approximate surface area is 166 Å². The van der Waals surface area contributed by atoms with Gasteiger partial charge in [-0.15, -0.1) is 0 Å². The predicted molar refractivity (Wildman–Crippen MR) is 102 cm³/mol. The number of nitrogens with zero attached hydrogens (tertiary/aromatic N) is 3. The van der Waals surface area contributed by atoms with Gasteiger partial charge in [0.25, 0.3) is 11.8 Å². The van der Waals surface area contributed by atoms with Gasteiger partial charge in [0, 0.05) is 30.8 Å². The molecule has 1 fully saturated rings. The van der Waals surface area contributed by atoms with E-state index in [0.29, 0.717) is 24.5 Å². The van der Waals surface area contributed by atoms with Gasteiger partial charge in [-0.3, -0.25) is 14.7 Å². The lowest BCUT2D eigenvalue weighted by molar-refractivity contribution is 0.0701. The number of amides is 2. The Morgan fingerprint density at radius 1 is 1.21 bits per heavy atom. The van der Waals surface area contributed by atoms with Crippen LogP contribution >= 0.6 is 0 Å². The molecule has 1 aliphatic heterocycles. The lowest BCUT2D eigenvalue weighted by Gasteiger charge is -2.30. The largest absolute Gasteiger partial charge is 0.361 e. The highest BCUT2D eigenvalue weighted by atomic mass is 19.1. The zero-order chi connectivity index (χ0) is 20.4. The molecule has 1 saturated heterocycles. The summed E-state index contributed by atoms with van der Waals surface area (Å²) in [5, 5.41) is 13.3. The van der Waals surface area contributed by atoms with Gasteiger partial charge in [-0.1, -0.05) is 17.3 Å². The van der Waals surface area contributed by atoms with Crippen molar-refractivity contribution < 1.29 is 18.5 Å². The number of nitrogens with one attached hydrogen (secondary N) is 2. The van der Waals surface area contributed by atoms with E-state index in [-0.39, 0.29) is 23.2 Å². The van der Waals surface area contributed by atoms with Gasteiger partial charge in [0.2, 0.25) is 0 Å². The number of aryl methyl sites for hydroxylation is 1. The maximum atomic E-state index is 13.7. The lowest BCUT2D eigenvalue weighted by atomic mass is 9.93. The number of H-pyrrole nitrogens is 1. The van der Waals surface area contributed by atoms with Crippen LogP contribution in [0.5, 0.6) is 0 Å². The summed E-state index contributed by atoms with van der Waals surface area (Å²) in [6.07, 6.45) is 1.47. The Morgan fingerprint density at radius 3 is 2.66 bits per heavy atom. The standard InChI is InChI=1S/C20H20FN5O3/c1-12-10-18(25-29-12)20(28)26-8-6-13(7-9-26)16-11-17(24-23-16)19(27)22-15-5-3-2-4-14(15)21/h2-5,10-11,13H,6-9H2,1H3,(H,22,27)(H,23,24). The number of aromatic nitrogens is 3. The van der Waals surface area contributed by atoms with Crippen LogP contribution in [0.25, 0.3) is 0 Å². The average Bonchev–Trinajstić information content (AvgIpc) is 3.39. The first-order chi connectivity index (χ1) is 14.0. The van der Waals surface area contributed by atoms with Crippen LogP contribution in [0.3, 0.4) is 0 Å². The molecule has 1 aliphatic rings. The van der Waals surface area contributed by atoms with Crippen LogP contribution in [0.1, 0.15) is 51.2 Å². The molecule has 1 aromatic carbocycles. The van der Waals surface area contributed by atoms with Crippen molar-refractivity contribution in [1.82, 2.24) is 20.3 Å². The van der Waals surface area contributed by atoms with E-state index in [9.17, 15) is 14.0 Å². The number of hydrogen-bond acceptors (Lipinski definition) is 5. The van der Waals surface area contributed by atoms with Gasteiger partial charge in [0.15, 0.2) is 11.4 Å². The Morgan fingerprint density at radius 2 is 1.97 bits per heavy atom. The first-order valence-electron chi connectivity index (χ1n) is 9.35. The van der Waals surface area contributed by atoms with Crippen LogP contribution in [0.4, 0.5) is 10.1 Å². The summed E-state index contributed by atoms with van der Waals surface area (Å²) in [4.78, 5) is 26.5. The topological polar surface area (TPSA) is 104 Å². The molecule has 2 amide bonds. The molecule has 0 aliphatic carbocycles. The fourth-order valence-electron chi connectivity index (χ4n) is 3.43. The lowest BCUT2D eigenvalue weighted by Crippen LogP contribution is -2.38. The van der Waals surface area contributed by atoms with Gasteiger partial charge in [-0.2, -0.15) is 5.10 Å². The molecule has 0 atom stereocenters. The minimum Gasteiger partial charge on any atom is -0.361 e. The van der Waals surface area contributed by atoms with Gasteiger partial charge in [0.05, 0.1) is 5.69 Å². The Hall–Kier alpha value is -3.49. The van der Waals surface area contributed by atoms with E-state index in [2.05, 4.69) is 20.7 Å². The number of likely N-dealkylation sites (tertiary alicyclic amines) is 1. The molecule has 8 nitrogen and oxygen atoms in total. The number of carbonyl (C=O) groups is 2. The molecule has 9 heteroatoms. The van der Waals surface area contributed by atoms with Gasteiger partial charge in [-0.25, -0.2) is 4.39 Å². The number of hydrogen-bond donors (Lipinski definition) is 2. The fraction of sp³-hybridized carbons (Fsp3) is 0.300. The third-order valence-electron chi connectivity index (χ3n) is 5.02. The number of halogens is 1. The Kier molecular flexibility index (Phi) is 5.11. The van der Waals surface area contributed by atoms with Crippen molar-refractivity contribution in [2.75, 3.05) is 18.4 Å². The highest BCUT2D eigenvalue weighted by molar-refractivity contribution is 6.03. The normalized spacial score (nSPS) is 14.8. The molecule has 2 aromatic heterocycles. The number of para-hydroxylation sites is 1. The number of piperidine rings is 1. The first-order valence-corrected chi connectivity index (χ1v) is 9.35. The monoisotopic (exact) mass is 397 g/mol. The minimum absolute atomic E-state index is 0.108. The number of anilines is 1. The van der Waals surface area contributed by atoms with Crippen LogP contribution in [0, 0.1) is 12.7 Å². The SMILES string of the molecule is Cc1cc(C(=O)N2CCC(c3cc(C(=O)Nc4ccccc4F)n[nH]3)CC2)no1. The molecule has 0 unspecified atom stereocenters. The second-order valence-corrected chi connectivity index (χ2v) is 7.03. The van der Waals surface area contributed by atoms with Crippen molar-refractivity contribution in [3.63, 3.8) is 0 Å². The number of rotatable bonds is 4. The molecule has 29 heavy (non-hydrogen) atoms. The Balaban J connectivity index is 1.36. The van der Waals surface area contributed by atoms with Crippen molar-refractivity contribution in [3.05, 3.63) is 65.1 Å².